The normalized spacial score (nSPS) is 11.6. The van der Waals surface area contributed by atoms with Gasteiger partial charge in [0.05, 0.1) is 11.0 Å². The van der Waals surface area contributed by atoms with Crippen molar-refractivity contribution in [1.82, 2.24) is 4.57 Å². The Morgan fingerprint density at radius 2 is 0.731 bits per heavy atom. The molecule has 0 spiro atoms. The van der Waals surface area contributed by atoms with Crippen LogP contribution in [0.1, 0.15) is 0 Å². The highest BCUT2D eigenvalue weighted by Crippen LogP contribution is 2.42. The average molecular weight is 871 g/mol. The van der Waals surface area contributed by atoms with Gasteiger partial charge in [-0.25, -0.2) is 0 Å². The lowest BCUT2D eigenvalue weighted by Gasteiger charge is -2.26. The van der Waals surface area contributed by atoms with Crippen molar-refractivity contribution in [2.24, 2.45) is 0 Å². The number of fused-ring (bicyclic) bond motifs is 8. The third kappa shape index (κ3) is 6.88. The number of para-hydroxylation sites is 1. The smallest absolute Gasteiger partial charge is 0.0619 e. The van der Waals surface area contributed by atoms with Gasteiger partial charge in [-0.1, -0.05) is 182 Å². The lowest BCUT2D eigenvalue weighted by Crippen LogP contribution is -2.09. The molecule has 0 radical (unpaired) electrons. The summed E-state index contributed by atoms with van der Waals surface area (Å²) in [5.74, 6) is 0. The molecule has 314 valence electrons. The van der Waals surface area contributed by atoms with E-state index in [4.69, 9.17) is 0 Å². The maximum atomic E-state index is 2.44. The summed E-state index contributed by atoms with van der Waals surface area (Å²) in [6.45, 7) is 0. The Morgan fingerprint density at radius 1 is 0.284 bits per heavy atom. The van der Waals surface area contributed by atoms with Crippen LogP contribution in [0.15, 0.2) is 255 Å². The molecule has 2 aromatic heterocycles. The van der Waals surface area contributed by atoms with Crippen LogP contribution in [-0.4, -0.2) is 4.57 Å². The molecule has 0 bridgehead atoms. The summed E-state index contributed by atoms with van der Waals surface area (Å²) in [4.78, 5) is 2.37. The maximum Gasteiger partial charge on any atom is 0.0619 e. The summed E-state index contributed by atoms with van der Waals surface area (Å²) in [6.07, 6.45) is 0. The topological polar surface area (TPSA) is 8.17 Å². The van der Waals surface area contributed by atoms with Gasteiger partial charge in [-0.05, 0) is 123 Å². The van der Waals surface area contributed by atoms with Gasteiger partial charge >= 0.3 is 0 Å². The Balaban J connectivity index is 0.882. The molecule has 13 rings (SSSR count). The van der Waals surface area contributed by atoms with E-state index < -0.39 is 0 Å². The van der Waals surface area contributed by atoms with Crippen LogP contribution in [0.4, 0.5) is 17.1 Å². The van der Waals surface area contributed by atoms with Crippen molar-refractivity contribution in [3.63, 3.8) is 0 Å². The SMILES string of the molecule is c1ccc(-c2ccc(-c3ccc(N(c4ccc(-c5ccc6sc7ccccc7c6c5)cc4)c4ccc(-c5ccc6c7ccc8ccccc8c7n(-c7ccccc7)c6c5)cc4)cc3)cc2)cc1. The summed E-state index contributed by atoms with van der Waals surface area (Å²) in [6, 6.07) is 93.1. The molecule has 13 aromatic rings. The number of nitrogens with zero attached hydrogens (tertiary/aromatic N) is 2. The summed E-state index contributed by atoms with van der Waals surface area (Å²) >= 11 is 1.86. The minimum absolute atomic E-state index is 1.09. The minimum Gasteiger partial charge on any atom is -0.311 e. The van der Waals surface area contributed by atoms with E-state index in [-0.39, 0.29) is 0 Å². The van der Waals surface area contributed by atoms with Crippen LogP contribution >= 0.6 is 11.3 Å². The molecule has 0 amide bonds. The zero-order chi connectivity index (χ0) is 44.3. The van der Waals surface area contributed by atoms with E-state index in [1.54, 1.807) is 0 Å². The first-order valence-electron chi connectivity index (χ1n) is 22.9. The lowest BCUT2D eigenvalue weighted by molar-refractivity contribution is 1.19. The fraction of sp³-hybridized carbons (Fsp3) is 0. The van der Waals surface area contributed by atoms with Crippen molar-refractivity contribution in [2.75, 3.05) is 4.90 Å². The van der Waals surface area contributed by atoms with Gasteiger partial charge in [0.25, 0.3) is 0 Å². The Hall–Kier alpha value is -8.50. The van der Waals surface area contributed by atoms with Crippen LogP contribution in [0.25, 0.3) is 103 Å². The van der Waals surface area contributed by atoms with Gasteiger partial charge in [-0.2, -0.15) is 0 Å². The monoisotopic (exact) mass is 870 g/mol. The first-order chi connectivity index (χ1) is 33.2. The fourth-order valence-corrected chi connectivity index (χ4v) is 11.1. The molecule has 0 fully saturated rings. The van der Waals surface area contributed by atoms with E-state index in [9.17, 15) is 0 Å². The van der Waals surface area contributed by atoms with Gasteiger partial charge in [-0.3, -0.25) is 0 Å². The van der Waals surface area contributed by atoms with Crippen molar-refractivity contribution >= 4 is 81.1 Å². The molecule has 0 aliphatic carbocycles. The average Bonchev–Trinajstić information content (AvgIpc) is 3.95. The first kappa shape index (κ1) is 38.9. The molecule has 0 aliphatic rings. The third-order valence-electron chi connectivity index (χ3n) is 13.4. The van der Waals surface area contributed by atoms with E-state index in [0.29, 0.717) is 0 Å². The van der Waals surface area contributed by atoms with Crippen LogP contribution in [-0.2, 0) is 0 Å². The lowest BCUT2D eigenvalue weighted by atomic mass is 9.99. The Bertz CT molecular complexity index is 3920. The third-order valence-corrected chi connectivity index (χ3v) is 14.6. The molecular formula is C64H42N2S. The van der Waals surface area contributed by atoms with Gasteiger partial charge in [-0.15, -0.1) is 11.3 Å². The predicted molar refractivity (Wildman–Crippen MR) is 288 cm³/mol. The number of thiophene rings is 1. The van der Waals surface area contributed by atoms with Crippen molar-refractivity contribution in [3.8, 4) is 50.2 Å². The Kier molecular flexibility index (Phi) is 9.40. The number of hydrogen-bond donors (Lipinski definition) is 0. The molecule has 0 unspecified atom stereocenters. The molecule has 0 atom stereocenters. The standard InChI is InChI=1S/C64H42N2S/c1-3-11-43(12-4-1)44-19-21-45(22-20-44)46-23-32-53(33-24-46)65(54-34-25-47(26-35-54)50-31-40-63-60(41-50)58-17-9-10-18-62(58)67-63)55-36-27-48(28-37-55)51-30-38-57-59-39-29-49-13-7-8-16-56(49)64(59)66(61(57)42-51)52-14-5-2-6-15-52/h1-42H. The minimum atomic E-state index is 1.09. The van der Waals surface area contributed by atoms with E-state index in [1.807, 2.05) is 11.3 Å². The molecule has 11 aromatic carbocycles. The molecule has 0 aliphatic heterocycles. The molecule has 0 saturated carbocycles. The molecular weight excluding hydrogens is 829 g/mol. The van der Waals surface area contributed by atoms with Gasteiger partial charge < -0.3 is 9.47 Å². The quantitative estimate of drug-likeness (QED) is 0.148. The van der Waals surface area contributed by atoms with Gasteiger partial charge in [0.2, 0.25) is 0 Å². The van der Waals surface area contributed by atoms with E-state index in [0.717, 1.165) is 22.7 Å². The van der Waals surface area contributed by atoms with Crippen LogP contribution in [0.5, 0.6) is 0 Å². The number of benzene rings is 11. The summed E-state index contributed by atoms with van der Waals surface area (Å²) in [5, 5.41) is 7.64. The van der Waals surface area contributed by atoms with Gasteiger partial charge in [0.15, 0.2) is 0 Å². The first-order valence-corrected chi connectivity index (χ1v) is 23.7. The molecule has 0 saturated heterocycles. The van der Waals surface area contributed by atoms with Crippen LogP contribution in [0.3, 0.4) is 0 Å². The van der Waals surface area contributed by atoms with Gasteiger partial charge in [0.1, 0.15) is 0 Å². The predicted octanol–water partition coefficient (Wildman–Crippen LogP) is 18.4. The molecule has 67 heavy (non-hydrogen) atoms. The second-order valence-corrected chi connectivity index (χ2v) is 18.4. The highest BCUT2D eigenvalue weighted by Gasteiger charge is 2.18. The van der Waals surface area contributed by atoms with Crippen LogP contribution in [0, 0.1) is 0 Å². The van der Waals surface area contributed by atoms with Crippen LogP contribution < -0.4 is 4.90 Å². The second kappa shape index (κ2) is 16.2. The highest BCUT2D eigenvalue weighted by atomic mass is 32.1. The fourth-order valence-electron chi connectivity index (χ4n) is 10.1. The summed E-state index contributed by atoms with van der Waals surface area (Å²) < 4.78 is 5.09. The van der Waals surface area contributed by atoms with E-state index in [2.05, 4.69) is 264 Å². The summed E-state index contributed by atoms with van der Waals surface area (Å²) in [7, 11) is 0. The highest BCUT2D eigenvalue weighted by molar-refractivity contribution is 7.25. The summed E-state index contributed by atoms with van der Waals surface area (Å²) in [5.41, 5.74) is 16.5. The maximum absolute atomic E-state index is 2.44. The second-order valence-electron chi connectivity index (χ2n) is 17.3. The number of anilines is 3. The van der Waals surface area contributed by atoms with Gasteiger partial charge in [0, 0.05) is 59.1 Å². The number of hydrogen-bond acceptors (Lipinski definition) is 2. The molecule has 0 N–H and O–H groups in total. The van der Waals surface area contributed by atoms with E-state index >= 15 is 0 Å². The molecule has 2 nitrogen and oxygen atoms in total. The Labute approximate surface area is 393 Å². The van der Waals surface area contributed by atoms with Crippen molar-refractivity contribution in [1.29, 1.82) is 0 Å². The zero-order valence-electron chi connectivity index (χ0n) is 36.6. The molecule has 3 heteroatoms. The van der Waals surface area contributed by atoms with Crippen molar-refractivity contribution < 1.29 is 0 Å². The van der Waals surface area contributed by atoms with Crippen molar-refractivity contribution in [2.45, 2.75) is 0 Å². The van der Waals surface area contributed by atoms with E-state index in [1.165, 1.54) is 97.3 Å². The van der Waals surface area contributed by atoms with Crippen molar-refractivity contribution in [3.05, 3.63) is 255 Å². The van der Waals surface area contributed by atoms with Crippen LogP contribution in [0.2, 0.25) is 0 Å². The number of aromatic nitrogens is 1. The Morgan fingerprint density at radius 3 is 1.37 bits per heavy atom. The zero-order valence-corrected chi connectivity index (χ0v) is 37.4. The largest absolute Gasteiger partial charge is 0.311 e. The number of rotatable bonds is 8. The molecule has 2 heterocycles.